The van der Waals surface area contributed by atoms with Crippen molar-refractivity contribution < 1.29 is 4.79 Å². The van der Waals surface area contributed by atoms with Crippen LogP contribution in [0.1, 0.15) is 56.6 Å². The molecule has 0 aliphatic rings. The summed E-state index contributed by atoms with van der Waals surface area (Å²) >= 11 is 1.55. The van der Waals surface area contributed by atoms with Crippen LogP contribution in [-0.4, -0.2) is 21.8 Å². The summed E-state index contributed by atoms with van der Waals surface area (Å²) in [4.78, 5) is 18.0. The molecule has 29 heavy (non-hydrogen) atoms. The third-order valence-electron chi connectivity index (χ3n) is 4.46. The number of allylic oxidation sites excluding steroid dienone is 3. The molecule has 1 N–H and O–H groups in total. The highest BCUT2D eigenvalue weighted by Gasteiger charge is 2.17. The fourth-order valence-electron chi connectivity index (χ4n) is 2.90. The van der Waals surface area contributed by atoms with Gasteiger partial charge in [-0.1, -0.05) is 74.4 Å². The number of hydrogen-bond acceptors (Lipinski definition) is 3. The average molecular weight is 410 g/mol. The number of nitrogens with zero attached hydrogens (tertiary/aromatic N) is 2. The van der Waals surface area contributed by atoms with Gasteiger partial charge < -0.3 is 5.32 Å². The first-order chi connectivity index (χ1) is 14.1. The zero-order chi connectivity index (χ0) is 21.2. The lowest BCUT2D eigenvalue weighted by molar-refractivity contribution is 0.0948. The van der Waals surface area contributed by atoms with Gasteiger partial charge in [-0.05, 0) is 32.3 Å². The molecule has 0 saturated carbocycles. The molecule has 154 valence electrons. The number of nitrogens with one attached hydrogen (secondary N) is 1. The van der Waals surface area contributed by atoms with E-state index in [0.29, 0.717) is 12.2 Å². The number of aryl methyl sites for hydroxylation is 1. The standard InChI is InChI=1S/C22H25N3OS.C2H6/c1-4-6-7-17(5-2)12-13-23-21(26)19-14-24-22-25(19)20(15-27-22)18-10-8-16(3)9-11-18;1-2/h5-11,14-15H,4,12-13H2,1-3H3,(H,23,26);1-2H3/b7-6-,17-5+;. The maximum Gasteiger partial charge on any atom is 0.269 e. The summed E-state index contributed by atoms with van der Waals surface area (Å²) in [5.41, 5.74) is 5.10. The van der Waals surface area contributed by atoms with Crippen molar-refractivity contribution in [3.05, 3.63) is 70.9 Å². The van der Waals surface area contributed by atoms with Gasteiger partial charge in [0.1, 0.15) is 5.69 Å². The quantitative estimate of drug-likeness (QED) is 0.457. The van der Waals surface area contributed by atoms with Crippen molar-refractivity contribution in [3.63, 3.8) is 0 Å². The monoisotopic (exact) mass is 409 g/mol. The molecule has 5 heteroatoms. The first-order valence-electron chi connectivity index (χ1n) is 10.3. The highest BCUT2D eigenvalue weighted by atomic mass is 32.1. The van der Waals surface area contributed by atoms with Gasteiger partial charge in [-0.15, -0.1) is 11.3 Å². The minimum Gasteiger partial charge on any atom is -0.350 e. The maximum absolute atomic E-state index is 12.7. The maximum atomic E-state index is 12.7. The number of imidazole rings is 1. The second-order valence-electron chi connectivity index (χ2n) is 6.43. The van der Waals surface area contributed by atoms with Crippen molar-refractivity contribution in [2.45, 2.75) is 47.5 Å². The van der Waals surface area contributed by atoms with Gasteiger partial charge in [-0.25, -0.2) is 4.98 Å². The summed E-state index contributed by atoms with van der Waals surface area (Å²) in [5, 5.41) is 5.08. The van der Waals surface area contributed by atoms with Gasteiger partial charge in [0.25, 0.3) is 5.91 Å². The highest BCUT2D eigenvalue weighted by Crippen LogP contribution is 2.27. The Bertz CT molecular complexity index is 977. The molecule has 2 heterocycles. The molecular formula is C24H31N3OS. The van der Waals surface area contributed by atoms with E-state index in [9.17, 15) is 4.79 Å². The van der Waals surface area contributed by atoms with E-state index in [0.717, 1.165) is 29.1 Å². The molecule has 1 aromatic carbocycles. The van der Waals surface area contributed by atoms with Gasteiger partial charge in [0, 0.05) is 11.9 Å². The van der Waals surface area contributed by atoms with Crippen molar-refractivity contribution in [2.24, 2.45) is 0 Å². The molecule has 1 amide bonds. The Morgan fingerprint density at radius 1 is 1.24 bits per heavy atom. The molecular weight excluding hydrogens is 378 g/mol. The van der Waals surface area contributed by atoms with Gasteiger partial charge in [0.15, 0.2) is 4.96 Å². The van der Waals surface area contributed by atoms with Crippen LogP contribution in [0.5, 0.6) is 0 Å². The lowest BCUT2D eigenvalue weighted by Crippen LogP contribution is -2.26. The van der Waals surface area contributed by atoms with E-state index in [-0.39, 0.29) is 5.91 Å². The zero-order valence-electron chi connectivity index (χ0n) is 18.0. The van der Waals surface area contributed by atoms with Gasteiger partial charge in [-0.2, -0.15) is 0 Å². The van der Waals surface area contributed by atoms with Crippen molar-refractivity contribution >= 4 is 22.2 Å². The minimum absolute atomic E-state index is 0.0933. The van der Waals surface area contributed by atoms with E-state index in [1.165, 1.54) is 11.1 Å². The second-order valence-corrected chi connectivity index (χ2v) is 7.27. The smallest absolute Gasteiger partial charge is 0.269 e. The molecule has 0 fully saturated rings. The van der Waals surface area contributed by atoms with Crippen LogP contribution >= 0.6 is 11.3 Å². The predicted molar refractivity (Wildman–Crippen MR) is 125 cm³/mol. The normalized spacial score (nSPS) is 11.6. The highest BCUT2D eigenvalue weighted by molar-refractivity contribution is 7.15. The van der Waals surface area contributed by atoms with Crippen LogP contribution in [-0.2, 0) is 0 Å². The number of benzene rings is 1. The van der Waals surface area contributed by atoms with Crippen LogP contribution in [0, 0.1) is 6.92 Å². The fourth-order valence-corrected chi connectivity index (χ4v) is 3.77. The number of amides is 1. The van der Waals surface area contributed by atoms with Gasteiger partial charge in [0.05, 0.1) is 11.9 Å². The molecule has 0 saturated heterocycles. The summed E-state index contributed by atoms with van der Waals surface area (Å²) in [6.07, 6.45) is 9.83. The van der Waals surface area contributed by atoms with E-state index in [4.69, 9.17) is 0 Å². The molecule has 4 nitrogen and oxygen atoms in total. The molecule has 3 rings (SSSR count). The Kier molecular flexibility index (Phi) is 8.87. The number of rotatable bonds is 7. The van der Waals surface area contributed by atoms with Crippen molar-refractivity contribution in [1.29, 1.82) is 0 Å². The third kappa shape index (κ3) is 5.67. The number of fused-ring (bicyclic) bond motifs is 1. The second kappa shape index (κ2) is 11.4. The van der Waals surface area contributed by atoms with E-state index >= 15 is 0 Å². The number of thiazole rings is 1. The summed E-state index contributed by atoms with van der Waals surface area (Å²) in [5.74, 6) is -0.0933. The fraction of sp³-hybridized carbons (Fsp3) is 0.333. The largest absolute Gasteiger partial charge is 0.350 e. The summed E-state index contributed by atoms with van der Waals surface area (Å²) in [6.45, 7) is 10.8. The lowest BCUT2D eigenvalue weighted by atomic mass is 10.1. The average Bonchev–Trinajstić information content (AvgIpc) is 3.35. The van der Waals surface area contributed by atoms with Gasteiger partial charge >= 0.3 is 0 Å². The Hall–Kier alpha value is -2.66. The van der Waals surface area contributed by atoms with E-state index in [2.05, 4.69) is 72.0 Å². The molecule has 0 spiro atoms. The van der Waals surface area contributed by atoms with Crippen LogP contribution in [0.3, 0.4) is 0 Å². The van der Waals surface area contributed by atoms with Crippen LogP contribution in [0.2, 0.25) is 0 Å². The Morgan fingerprint density at radius 3 is 2.62 bits per heavy atom. The summed E-state index contributed by atoms with van der Waals surface area (Å²) < 4.78 is 1.94. The van der Waals surface area contributed by atoms with Crippen molar-refractivity contribution in [3.8, 4) is 11.3 Å². The SMILES string of the molecule is C/C=C(\C=C/CC)CCNC(=O)c1cnc2scc(-c3ccc(C)cc3)n12.CC. The molecule has 0 aliphatic carbocycles. The van der Waals surface area contributed by atoms with Crippen molar-refractivity contribution in [1.82, 2.24) is 14.7 Å². The lowest BCUT2D eigenvalue weighted by Gasteiger charge is -2.07. The molecule has 3 aromatic rings. The van der Waals surface area contributed by atoms with Crippen LogP contribution < -0.4 is 5.32 Å². The first kappa shape index (κ1) is 22.6. The Labute approximate surface area is 178 Å². The molecule has 0 radical (unpaired) electrons. The van der Waals surface area contributed by atoms with E-state index in [1.807, 2.05) is 25.2 Å². The van der Waals surface area contributed by atoms with E-state index < -0.39 is 0 Å². The van der Waals surface area contributed by atoms with E-state index in [1.54, 1.807) is 17.5 Å². The van der Waals surface area contributed by atoms with Gasteiger partial charge in [0.2, 0.25) is 0 Å². The Balaban J connectivity index is 0.00000145. The molecule has 0 unspecified atom stereocenters. The number of aromatic nitrogens is 2. The summed E-state index contributed by atoms with van der Waals surface area (Å²) in [7, 11) is 0. The number of carbonyl (C=O) groups excluding carboxylic acids is 1. The minimum atomic E-state index is -0.0933. The molecule has 0 bridgehead atoms. The molecule has 2 aromatic heterocycles. The topological polar surface area (TPSA) is 46.4 Å². The van der Waals surface area contributed by atoms with Gasteiger partial charge in [-0.3, -0.25) is 9.20 Å². The summed E-state index contributed by atoms with van der Waals surface area (Å²) in [6, 6.07) is 8.32. The van der Waals surface area contributed by atoms with Crippen LogP contribution in [0.15, 0.2) is 59.6 Å². The number of carbonyl (C=O) groups is 1. The van der Waals surface area contributed by atoms with Crippen LogP contribution in [0.25, 0.3) is 16.2 Å². The number of hydrogen-bond donors (Lipinski definition) is 1. The third-order valence-corrected chi connectivity index (χ3v) is 5.30. The van der Waals surface area contributed by atoms with Crippen molar-refractivity contribution in [2.75, 3.05) is 6.54 Å². The predicted octanol–water partition coefficient (Wildman–Crippen LogP) is 6.43. The molecule has 0 atom stereocenters. The first-order valence-corrected chi connectivity index (χ1v) is 11.1. The Morgan fingerprint density at radius 2 is 1.97 bits per heavy atom. The molecule has 0 aliphatic heterocycles. The zero-order valence-corrected chi connectivity index (χ0v) is 18.8. The van der Waals surface area contributed by atoms with Crippen LogP contribution in [0.4, 0.5) is 0 Å².